The summed E-state index contributed by atoms with van der Waals surface area (Å²) in [5.74, 6) is 0.151. The number of allylic oxidation sites excluding steroid dienone is 3. The van der Waals surface area contributed by atoms with Gasteiger partial charge in [-0.2, -0.15) is 5.10 Å². The summed E-state index contributed by atoms with van der Waals surface area (Å²) >= 11 is 0. The first-order valence-corrected chi connectivity index (χ1v) is 11.8. The van der Waals surface area contributed by atoms with Crippen molar-refractivity contribution >= 4 is 23.7 Å². The van der Waals surface area contributed by atoms with E-state index in [0.29, 0.717) is 12.8 Å². The van der Waals surface area contributed by atoms with E-state index in [-0.39, 0.29) is 17.6 Å². The van der Waals surface area contributed by atoms with Gasteiger partial charge in [-0.1, -0.05) is 26.0 Å². The SMILES string of the molecule is C/C=C/C(=O)N/N=C\C(C)=C\C.CC.CNCCCN(C)C(=O)CCc1cc(O)ccc1NC. The second-order valence-corrected chi connectivity index (χ2v) is 7.13. The molecule has 0 atom stereocenters. The topological polar surface area (TPSA) is 106 Å². The van der Waals surface area contributed by atoms with Gasteiger partial charge in [0.1, 0.15) is 5.75 Å². The number of nitrogens with zero attached hydrogens (tertiary/aromatic N) is 2. The Morgan fingerprint density at radius 2 is 1.85 bits per heavy atom. The van der Waals surface area contributed by atoms with Gasteiger partial charge in [0.25, 0.3) is 5.91 Å². The number of amides is 2. The van der Waals surface area contributed by atoms with Crippen LogP contribution in [-0.2, 0) is 16.0 Å². The summed E-state index contributed by atoms with van der Waals surface area (Å²) in [6, 6.07) is 5.17. The second kappa shape index (κ2) is 21.7. The lowest BCUT2D eigenvalue weighted by molar-refractivity contribution is -0.129. The summed E-state index contributed by atoms with van der Waals surface area (Å²) in [5, 5.41) is 19.4. The number of aromatic hydroxyl groups is 1. The van der Waals surface area contributed by atoms with E-state index in [1.165, 1.54) is 6.08 Å². The van der Waals surface area contributed by atoms with Gasteiger partial charge in [0.2, 0.25) is 5.91 Å². The zero-order valence-electron chi connectivity index (χ0n) is 22.2. The summed E-state index contributed by atoms with van der Waals surface area (Å²) in [6.07, 6.45) is 8.61. The fourth-order valence-electron chi connectivity index (χ4n) is 2.54. The molecule has 0 bridgehead atoms. The van der Waals surface area contributed by atoms with Crippen molar-refractivity contribution in [3.05, 3.63) is 47.6 Å². The lowest BCUT2D eigenvalue weighted by Gasteiger charge is -2.17. The predicted octanol–water partition coefficient (Wildman–Crippen LogP) is 4.09. The molecule has 0 unspecified atom stereocenters. The maximum Gasteiger partial charge on any atom is 0.263 e. The third kappa shape index (κ3) is 16.5. The fraction of sp³-hybridized carbons (Fsp3) is 0.500. The third-order valence-corrected chi connectivity index (χ3v) is 4.53. The van der Waals surface area contributed by atoms with Crippen LogP contribution in [0.25, 0.3) is 0 Å². The number of carbonyl (C=O) groups is 2. The van der Waals surface area contributed by atoms with Gasteiger partial charge in [0.05, 0.1) is 0 Å². The van der Waals surface area contributed by atoms with E-state index < -0.39 is 0 Å². The van der Waals surface area contributed by atoms with E-state index in [1.807, 2.05) is 61.0 Å². The Bertz CT molecular complexity index is 789. The highest BCUT2D eigenvalue weighted by atomic mass is 16.3. The van der Waals surface area contributed by atoms with Crippen LogP contribution in [0.5, 0.6) is 5.75 Å². The van der Waals surface area contributed by atoms with Crippen molar-refractivity contribution in [2.45, 2.75) is 53.9 Å². The van der Waals surface area contributed by atoms with Gasteiger partial charge >= 0.3 is 0 Å². The highest BCUT2D eigenvalue weighted by molar-refractivity contribution is 5.88. The highest BCUT2D eigenvalue weighted by Crippen LogP contribution is 2.22. The van der Waals surface area contributed by atoms with Crippen LogP contribution >= 0.6 is 0 Å². The van der Waals surface area contributed by atoms with Crippen molar-refractivity contribution in [2.24, 2.45) is 5.10 Å². The molecule has 2 amide bonds. The number of benzene rings is 1. The molecular formula is C26H45N5O3. The van der Waals surface area contributed by atoms with Crippen LogP contribution in [-0.4, -0.2) is 62.3 Å². The maximum atomic E-state index is 12.0. The van der Waals surface area contributed by atoms with Crippen LogP contribution in [0, 0.1) is 0 Å². The lowest BCUT2D eigenvalue weighted by atomic mass is 10.1. The van der Waals surface area contributed by atoms with Crippen molar-refractivity contribution < 1.29 is 14.7 Å². The summed E-state index contributed by atoms with van der Waals surface area (Å²) in [6.45, 7) is 11.3. The number of hydrazone groups is 1. The molecule has 8 heteroatoms. The lowest BCUT2D eigenvalue weighted by Crippen LogP contribution is -2.29. The monoisotopic (exact) mass is 475 g/mol. The standard InChI is InChI=1S/C15H25N3O2.C9H14N2O.C2H6/c1-16-9-4-10-18(3)15(20)8-5-12-11-13(19)6-7-14(12)17-2;1-4-6-9(12)11-10-7-8(3)5-2;1-2/h6-7,11,16-17,19H,4-5,8-10H2,1-3H3;4-7H,1-3H3,(H,11,12);1-2H3/b;6-4+,8-5+,10-7-;. The number of carbonyl (C=O) groups excluding carboxylic acids is 2. The Balaban J connectivity index is 0. The molecule has 0 heterocycles. The minimum Gasteiger partial charge on any atom is -0.508 e. The smallest absolute Gasteiger partial charge is 0.263 e. The molecule has 0 aliphatic carbocycles. The molecule has 0 aliphatic rings. The first kappa shape index (κ1) is 33.0. The van der Waals surface area contributed by atoms with E-state index in [2.05, 4.69) is 21.2 Å². The molecule has 0 fully saturated rings. The molecule has 0 radical (unpaired) electrons. The molecular weight excluding hydrogens is 430 g/mol. The number of anilines is 1. The van der Waals surface area contributed by atoms with E-state index >= 15 is 0 Å². The molecule has 4 N–H and O–H groups in total. The summed E-state index contributed by atoms with van der Waals surface area (Å²) in [7, 11) is 5.57. The Morgan fingerprint density at radius 3 is 2.41 bits per heavy atom. The number of aryl methyl sites for hydroxylation is 1. The Hall–Kier alpha value is -3.13. The number of phenols is 1. The number of hydrogen-bond donors (Lipinski definition) is 4. The van der Waals surface area contributed by atoms with E-state index in [9.17, 15) is 14.7 Å². The Kier molecular flexibility index (Phi) is 21.1. The molecule has 0 aromatic heterocycles. The third-order valence-electron chi connectivity index (χ3n) is 4.53. The van der Waals surface area contributed by atoms with Gasteiger partial charge in [-0.3, -0.25) is 9.59 Å². The van der Waals surface area contributed by atoms with E-state index in [1.54, 1.807) is 36.2 Å². The summed E-state index contributed by atoms with van der Waals surface area (Å²) < 4.78 is 0. The Morgan fingerprint density at radius 1 is 1.18 bits per heavy atom. The number of hydrogen-bond acceptors (Lipinski definition) is 6. The van der Waals surface area contributed by atoms with Crippen molar-refractivity contribution in [1.82, 2.24) is 15.6 Å². The van der Waals surface area contributed by atoms with Crippen LogP contribution < -0.4 is 16.1 Å². The van der Waals surface area contributed by atoms with Gasteiger partial charge < -0.3 is 20.6 Å². The number of nitrogens with one attached hydrogen (secondary N) is 3. The molecule has 34 heavy (non-hydrogen) atoms. The predicted molar refractivity (Wildman–Crippen MR) is 144 cm³/mol. The molecule has 0 spiro atoms. The van der Waals surface area contributed by atoms with Crippen LogP contribution in [0.1, 0.15) is 53.0 Å². The normalized spacial score (nSPS) is 10.8. The van der Waals surface area contributed by atoms with Crippen LogP contribution in [0.2, 0.25) is 0 Å². The fourth-order valence-corrected chi connectivity index (χ4v) is 2.54. The molecule has 192 valence electrons. The van der Waals surface area contributed by atoms with Gasteiger partial charge in [-0.05, 0) is 76.5 Å². The zero-order chi connectivity index (χ0) is 26.4. The first-order chi connectivity index (χ1) is 16.3. The van der Waals surface area contributed by atoms with Crippen molar-refractivity contribution in [3.8, 4) is 5.75 Å². The minimum absolute atomic E-state index is 0.131. The van der Waals surface area contributed by atoms with E-state index in [4.69, 9.17) is 0 Å². The molecule has 1 aromatic rings. The number of rotatable bonds is 11. The van der Waals surface area contributed by atoms with Crippen LogP contribution in [0.15, 0.2) is 47.1 Å². The van der Waals surface area contributed by atoms with Gasteiger partial charge in [-0.15, -0.1) is 0 Å². The zero-order valence-corrected chi connectivity index (χ0v) is 22.2. The summed E-state index contributed by atoms with van der Waals surface area (Å²) in [4.78, 5) is 24.6. The molecule has 0 saturated heterocycles. The summed E-state index contributed by atoms with van der Waals surface area (Å²) in [5.41, 5.74) is 5.28. The second-order valence-electron chi connectivity index (χ2n) is 7.13. The molecule has 0 aliphatic heterocycles. The molecule has 1 rings (SSSR count). The van der Waals surface area contributed by atoms with Gasteiger partial charge in [0.15, 0.2) is 0 Å². The van der Waals surface area contributed by atoms with Crippen molar-refractivity contribution in [1.29, 1.82) is 0 Å². The van der Waals surface area contributed by atoms with Crippen LogP contribution in [0.3, 0.4) is 0 Å². The van der Waals surface area contributed by atoms with Crippen molar-refractivity contribution in [3.63, 3.8) is 0 Å². The average Bonchev–Trinajstić information content (AvgIpc) is 2.84. The average molecular weight is 476 g/mol. The Labute approximate surface area is 206 Å². The minimum atomic E-state index is -0.211. The molecule has 8 nitrogen and oxygen atoms in total. The van der Waals surface area contributed by atoms with Gasteiger partial charge in [-0.25, -0.2) is 5.43 Å². The quantitative estimate of drug-likeness (QED) is 0.127. The largest absolute Gasteiger partial charge is 0.508 e. The highest BCUT2D eigenvalue weighted by Gasteiger charge is 2.10. The molecule has 1 aromatic carbocycles. The number of phenolic OH excluding ortho intramolecular Hbond substituents is 1. The maximum absolute atomic E-state index is 12.0. The van der Waals surface area contributed by atoms with Crippen molar-refractivity contribution in [2.75, 3.05) is 39.5 Å². The molecule has 0 saturated carbocycles. The van der Waals surface area contributed by atoms with Gasteiger partial charge in [0, 0.05) is 45.0 Å². The van der Waals surface area contributed by atoms with E-state index in [0.717, 1.165) is 36.3 Å². The first-order valence-electron chi connectivity index (χ1n) is 11.8. The van der Waals surface area contributed by atoms with Crippen LogP contribution in [0.4, 0.5) is 5.69 Å².